The summed E-state index contributed by atoms with van der Waals surface area (Å²) < 4.78 is 7.81. The van der Waals surface area contributed by atoms with Crippen LogP contribution in [0.15, 0.2) is 48.5 Å². The van der Waals surface area contributed by atoms with E-state index < -0.39 is 0 Å². The smallest absolute Gasteiger partial charge is 0.306 e. The Morgan fingerprint density at radius 2 is 1.90 bits per heavy atom. The quantitative estimate of drug-likeness (QED) is 0.379. The lowest BCUT2D eigenvalue weighted by atomic mass is 10.0. The molecule has 1 heterocycles. The van der Waals surface area contributed by atoms with Crippen LogP contribution in [0.4, 0.5) is 0 Å². The molecule has 4 rings (SSSR count). The number of esters is 1. The van der Waals surface area contributed by atoms with Crippen molar-refractivity contribution >= 4 is 29.2 Å². The number of halogens is 2. The fourth-order valence-corrected chi connectivity index (χ4v) is 4.57. The van der Waals surface area contributed by atoms with Crippen LogP contribution in [0, 0.1) is 0 Å². The molecule has 162 valence electrons. The van der Waals surface area contributed by atoms with E-state index in [1.54, 1.807) is 0 Å². The van der Waals surface area contributed by atoms with Gasteiger partial charge in [0.05, 0.1) is 22.2 Å². The van der Waals surface area contributed by atoms with Gasteiger partial charge in [-0.15, -0.1) is 0 Å². The summed E-state index contributed by atoms with van der Waals surface area (Å²) in [5.74, 6) is 1.26. The minimum atomic E-state index is -0.171. The van der Waals surface area contributed by atoms with E-state index in [1.165, 1.54) is 0 Å². The van der Waals surface area contributed by atoms with Gasteiger partial charge in [-0.3, -0.25) is 4.79 Å². The van der Waals surface area contributed by atoms with Crippen LogP contribution >= 0.6 is 23.2 Å². The van der Waals surface area contributed by atoms with E-state index >= 15 is 0 Å². The van der Waals surface area contributed by atoms with Crippen LogP contribution < -0.4 is 0 Å². The van der Waals surface area contributed by atoms with E-state index in [0.29, 0.717) is 29.6 Å². The lowest BCUT2D eigenvalue weighted by Crippen LogP contribution is -2.15. The van der Waals surface area contributed by atoms with Crippen LogP contribution in [-0.4, -0.2) is 15.5 Å². The number of imidazole rings is 1. The third-order valence-corrected chi connectivity index (χ3v) is 6.46. The number of carbonyl (C=O) groups excluding carboxylic acids is 1. The van der Waals surface area contributed by atoms with Crippen molar-refractivity contribution in [2.24, 2.45) is 0 Å². The SMILES string of the molecule is CC(C)c1nc2c(n1Cc1ccc(Cl)c(Cl)c1)C(CC(=O)OCc1ccccc1)CC2. The van der Waals surface area contributed by atoms with Crippen molar-refractivity contribution in [1.29, 1.82) is 0 Å². The Bertz CT molecular complexity index is 1080. The van der Waals surface area contributed by atoms with E-state index in [9.17, 15) is 4.79 Å². The molecule has 0 saturated heterocycles. The average molecular weight is 457 g/mol. The Kier molecular flexibility index (Phi) is 6.68. The topological polar surface area (TPSA) is 44.1 Å². The normalized spacial score (nSPS) is 15.3. The summed E-state index contributed by atoms with van der Waals surface area (Å²) in [5, 5.41) is 1.09. The van der Waals surface area contributed by atoms with E-state index in [2.05, 4.69) is 18.4 Å². The summed E-state index contributed by atoms with van der Waals surface area (Å²) >= 11 is 12.3. The molecule has 2 aromatic carbocycles. The van der Waals surface area contributed by atoms with Gasteiger partial charge in [0.15, 0.2) is 0 Å². The molecule has 0 amide bonds. The van der Waals surface area contributed by atoms with Crippen molar-refractivity contribution < 1.29 is 9.53 Å². The molecule has 1 aliphatic rings. The molecule has 0 aliphatic heterocycles. The van der Waals surface area contributed by atoms with Crippen LogP contribution in [0.25, 0.3) is 0 Å². The molecule has 1 aliphatic carbocycles. The molecule has 0 radical (unpaired) electrons. The fraction of sp³-hybridized carbons (Fsp3) is 0.360. The van der Waals surface area contributed by atoms with Crippen LogP contribution in [0.3, 0.4) is 0 Å². The van der Waals surface area contributed by atoms with E-state index in [-0.39, 0.29) is 17.8 Å². The first kappa shape index (κ1) is 21.9. The predicted octanol–water partition coefficient (Wildman–Crippen LogP) is 6.52. The zero-order valence-electron chi connectivity index (χ0n) is 17.8. The van der Waals surface area contributed by atoms with E-state index in [1.807, 2.05) is 48.5 Å². The molecule has 4 nitrogen and oxygen atoms in total. The molecule has 0 bridgehead atoms. The third kappa shape index (κ3) is 4.97. The van der Waals surface area contributed by atoms with Crippen molar-refractivity contribution in [3.63, 3.8) is 0 Å². The summed E-state index contributed by atoms with van der Waals surface area (Å²) in [6.45, 7) is 5.25. The maximum absolute atomic E-state index is 12.6. The second kappa shape index (κ2) is 9.46. The number of ether oxygens (including phenoxy) is 1. The highest BCUT2D eigenvalue weighted by atomic mass is 35.5. The molecule has 0 saturated carbocycles. The van der Waals surface area contributed by atoms with Crippen molar-refractivity contribution in [3.05, 3.63) is 86.9 Å². The number of benzene rings is 2. The van der Waals surface area contributed by atoms with Gasteiger partial charge in [0.25, 0.3) is 0 Å². The van der Waals surface area contributed by atoms with Crippen LogP contribution in [0.2, 0.25) is 10.0 Å². The number of nitrogens with zero attached hydrogens (tertiary/aromatic N) is 2. The Morgan fingerprint density at radius 3 is 2.61 bits per heavy atom. The first-order valence-electron chi connectivity index (χ1n) is 10.6. The van der Waals surface area contributed by atoms with Gasteiger partial charge in [-0.2, -0.15) is 0 Å². The number of carbonyl (C=O) groups is 1. The van der Waals surface area contributed by atoms with Crippen molar-refractivity contribution in [2.45, 2.75) is 58.1 Å². The zero-order valence-corrected chi connectivity index (χ0v) is 19.3. The first-order chi connectivity index (χ1) is 14.9. The number of hydrogen-bond donors (Lipinski definition) is 0. The summed E-state index contributed by atoms with van der Waals surface area (Å²) in [6.07, 6.45) is 2.17. The molecule has 0 N–H and O–H groups in total. The van der Waals surface area contributed by atoms with E-state index in [0.717, 1.165) is 41.2 Å². The van der Waals surface area contributed by atoms with Gasteiger partial charge in [0.2, 0.25) is 0 Å². The Morgan fingerprint density at radius 1 is 1.13 bits per heavy atom. The molecule has 1 unspecified atom stereocenters. The minimum Gasteiger partial charge on any atom is -0.461 e. The second-order valence-corrected chi connectivity index (χ2v) is 9.19. The van der Waals surface area contributed by atoms with Crippen molar-refractivity contribution in [1.82, 2.24) is 9.55 Å². The van der Waals surface area contributed by atoms with E-state index in [4.69, 9.17) is 32.9 Å². The molecule has 3 aromatic rings. The number of fused-ring (bicyclic) bond motifs is 1. The number of hydrogen-bond acceptors (Lipinski definition) is 3. The second-order valence-electron chi connectivity index (χ2n) is 8.38. The number of aromatic nitrogens is 2. The van der Waals surface area contributed by atoms with Gasteiger partial charge in [-0.1, -0.05) is 73.4 Å². The fourth-order valence-electron chi connectivity index (χ4n) is 4.25. The standard InChI is InChI=1S/C25H26Cl2N2O2/c1-16(2)25-28-22-11-9-19(13-23(30)31-15-17-6-4-3-5-7-17)24(22)29(25)14-18-8-10-20(26)21(27)12-18/h3-8,10,12,16,19H,9,11,13-15H2,1-2H3. The first-order valence-corrected chi connectivity index (χ1v) is 11.4. The summed E-state index contributed by atoms with van der Waals surface area (Å²) in [5.41, 5.74) is 4.32. The van der Waals surface area contributed by atoms with Gasteiger partial charge in [-0.05, 0) is 36.1 Å². The lowest BCUT2D eigenvalue weighted by molar-refractivity contribution is -0.145. The average Bonchev–Trinajstić information content (AvgIpc) is 3.31. The molecule has 0 fully saturated rings. The Balaban J connectivity index is 1.54. The largest absolute Gasteiger partial charge is 0.461 e. The highest BCUT2D eigenvalue weighted by molar-refractivity contribution is 6.42. The highest BCUT2D eigenvalue weighted by Gasteiger charge is 2.32. The van der Waals surface area contributed by atoms with Gasteiger partial charge >= 0.3 is 5.97 Å². The lowest BCUT2D eigenvalue weighted by Gasteiger charge is -2.18. The van der Waals surface area contributed by atoms with Gasteiger partial charge in [0.1, 0.15) is 12.4 Å². The van der Waals surface area contributed by atoms with Crippen molar-refractivity contribution in [2.75, 3.05) is 0 Å². The van der Waals surface area contributed by atoms with Gasteiger partial charge < -0.3 is 9.30 Å². The van der Waals surface area contributed by atoms with Crippen molar-refractivity contribution in [3.8, 4) is 0 Å². The molecule has 6 heteroatoms. The molecule has 1 atom stereocenters. The summed E-state index contributed by atoms with van der Waals surface area (Å²) in [6, 6.07) is 15.5. The van der Waals surface area contributed by atoms with Crippen LogP contribution in [0.1, 0.15) is 66.9 Å². The maximum Gasteiger partial charge on any atom is 0.306 e. The monoisotopic (exact) mass is 456 g/mol. The Labute approximate surface area is 193 Å². The molecular weight excluding hydrogens is 431 g/mol. The minimum absolute atomic E-state index is 0.112. The Hall–Kier alpha value is -2.30. The summed E-state index contributed by atoms with van der Waals surface area (Å²) in [7, 11) is 0. The maximum atomic E-state index is 12.6. The molecular formula is C25H26Cl2N2O2. The number of rotatable bonds is 7. The predicted molar refractivity (Wildman–Crippen MR) is 124 cm³/mol. The van der Waals surface area contributed by atoms with Crippen LogP contribution in [0.5, 0.6) is 0 Å². The highest BCUT2D eigenvalue weighted by Crippen LogP contribution is 2.38. The third-order valence-electron chi connectivity index (χ3n) is 5.73. The van der Waals surface area contributed by atoms with Crippen LogP contribution in [-0.2, 0) is 29.1 Å². The van der Waals surface area contributed by atoms with Gasteiger partial charge in [-0.25, -0.2) is 4.98 Å². The molecule has 1 aromatic heterocycles. The number of aryl methyl sites for hydroxylation is 1. The molecule has 31 heavy (non-hydrogen) atoms. The zero-order chi connectivity index (χ0) is 22.0. The summed E-state index contributed by atoms with van der Waals surface area (Å²) in [4.78, 5) is 17.5. The van der Waals surface area contributed by atoms with Gasteiger partial charge in [0, 0.05) is 24.1 Å². The molecule has 0 spiro atoms.